The lowest BCUT2D eigenvalue weighted by molar-refractivity contribution is -0.137. The fraction of sp³-hybridized carbons (Fsp3) is 0.149. The molecule has 0 aliphatic rings. The SMILES string of the molecule is Cc1ccc(-c2cc(=O)n(Cc3ccc(Cl)cc3)c(=O)n2C)cc1.Cn1c(-c2ccc(C(F)(F)F)cc2)cc(=O)n(C(C)(C)c2ccc(Cl)cc2)c1=O.Cn1c(-c2ccc(Cl)cc2)c(Br)c(=O)n(Cc2ccc(Cl)cc2)c1=O.Cn1c(-c2ccc(Cl)cc2)cc(=O)n(Cc2ccc(Cl)cc2)c1=O.Cn1c(-c2ccc(Cl)cc2Cl)cc(=O)n(Cc2ccc(Cl)cc2)c1=O. The molecule has 0 unspecified atom stereocenters. The molecule has 33 heteroatoms. The quantitative estimate of drug-likeness (QED) is 0.0944. The van der Waals surface area contributed by atoms with Crippen molar-refractivity contribution in [2.24, 2.45) is 35.2 Å². The fourth-order valence-electron chi connectivity index (χ4n) is 13.4. The van der Waals surface area contributed by atoms with E-state index < -0.39 is 45.5 Å². The Hall–Kier alpha value is -11.5. The molecule has 5 aromatic heterocycles. The molecule has 0 fully saturated rings. The van der Waals surface area contributed by atoms with Crippen molar-refractivity contribution in [3.05, 3.63) is 454 Å². The summed E-state index contributed by atoms with van der Waals surface area (Å²) in [6.07, 6.45) is -4.46. The number of aromatic nitrogens is 10. The minimum atomic E-state index is -4.46. The number of alkyl halides is 3. The van der Waals surface area contributed by atoms with Gasteiger partial charge >= 0.3 is 34.6 Å². The average molecular weight is 1960 g/mol. The van der Waals surface area contributed by atoms with Gasteiger partial charge in [0.2, 0.25) is 0 Å². The normalized spacial score (nSPS) is 11.2. The molecule has 0 aliphatic carbocycles. The first kappa shape index (κ1) is 96.1. The lowest BCUT2D eigenvalue weighted by Gasteiger charge is -2.28. The van der Waals surface area contributed by atoms with E-state index in [1.807, 2.05) is 43.3 Å². The van der Waals surface area contributed by atoms with Crippen LogP contribution in [0.2, 0.25) is 45.2 Å². The van der Waals surface area contributed by atoms with Gasteiger partial charge in [-0.1, -0.05) is 231 Å². The molecule has 0 atom stereocenters. The van der Waals surface area contributed by atoms with Crippen LogP contribution in [0.1, 0.15) is 52.8 Å². The van der Waals surface area contributed by atoms with Gasteiger partial charge in [-0.3, -0.25) is 69.6 Å². The van der Waals surface area contributed by atoms with E-state index in [0.717, 1.165) is 65.8 Å². The summed E-state index contributed by atoms with van der Waals surface area (Å²) in [6.45, 7) is 6.21. The van der Waals surface area contributed by atoms with Crippen LogP contribution in [0.4, 0.5) is 13.2 Å². The minimum absolute atomic E-state index is 0.164. The summed E-state index contributed by atoms with van der Waals surface area (Å²) in [7, 11) is 8.03. The van der Waals surface area contributed by atoms with Crippen LogP contribution >= 0.6 is 120 Å². The van der Waals surface area contributed by atoms with Crippen molar-refractivity contribution < 1.29 is 13.2 Å². The first-order valence-electron chi connectivity index (χ1n) is 38.3. The summed E-state index contributed by atoms with van der Waals surface area (Å²) >= 11 is 56.6. The maximum absolute atomic E-state index is 13.0. The highest BCUT2D eigenvalue weighted by Gasteiger charge is 2.32. The van der Waals surface area contributed by atoms with Gasteiger partial charge in [-0.15, -0.1) is 0 Å². The molecule has 15 aromatic rings. The molecule has 0 spiro atoms. The van der Waals surface area contributed by atoms with Crippen LogP contribution in [-0.2, 0) is 73.1 Å². The van der Waals surface area contributed by atoms with E-state index in [0.29, 0.717) is 89.1 Å². The lowest BCUT2D eigenvalue weighted by Crippen LogP contribution is -2.49. The van der Waals surface area contributed by atoms with Gasteiger partial charge in [-0.25, -0.2) is 24.0 Å². The van der Waals surface area contributed by atoms with E-state index in [2.05, 4.69) is 15.9 Å². The van der Waals surface area contributed by atoms with Gasteiger partial charge in [-0.2, -0.15) is 13.2 Å². The van der Waals surface area contributed by atoms with Crippen molar-refractivity contribution in [1.82, 2.24) is 45.7 Å². The molecule has 10 aromatic carbocycles. The van der Waals surface area contributed by atoms with Crippen LogP contribution < -0.4 is 56.2 Å². The Balaban J connectivity index is 0.000000154. The standard InChI is InChI=1S/C21H18ClF3N2O2.C19H17ClN2O2.C18H13BrCl2N2O2.C18H13Cl3N2O2.C18H14Cl2N2O2/c1-20(2,14-8-10-16(22)11-9-14)27-18(28)12-17(26(3)19(27)29)13-4-6-15(7-5-13)21(23,24)25;1-13-3-7-15(8-4-13)17-11-18(23)22(19(24)21(17)2)12-14-5-9-16(20)10-6-14;1-22-16(12-4-8-14(21)9-5-12)15(19)17(24)23(18(22)25)10-11-2-6-13(20)7-3-11;1-22-16(14-7-6-13(20)8-15(14)21)9-17(24)23(18(22)25)10-11-2-4-12(19)5-3-11;1-21-16(13-4-8-15(20)9-5-13)10-17(23)22(18(21)24)11-12-2-6-14(19)7-3-12/h4-12H,1-3H3;3-11H,12H2,1-2H3;2*2-9H,10H2,1H3;2-10H,11H2,1H3. The van der Waals surface area contributed by atoms with Crippen molar-refractivity contribution in [2.75, 3.05) is 0 Å². The van der Waals surface area contributed by atoms with Crippen molar-refractivity contribution in [3.8, 4) is 56.3 Å². The lowest BCUT2D eigenvalue weighted by atomic mass is 9.94. The Kier molecular flexibility index (Phi) is 31.4. The van der Waals surface area contributed by atoms with Crippen LogP contribution in [0.25, 0.3) is 56.3 Å². The van der Waals surface area contributed by atoms with Gasteiger partial charge in [0, 0.05) is 105 Å². The van der Waals surface area contributed by atoms with Gasteiger partial charge in [0.25, 0.3) is 27.8 Å². The van der Waals surface area contributed by atoms with Gasteiger partial charge in [-0.05, 0) is 202 Å². The van der Waals surface area contributed by atoms with Gasteiger partial charge < -0.3 is 0 Å². The topological polar surface area (TPSA) is 220 Å². The summed E-state index contributed by atoms with van der Waals surface area (Å²) < 4.78 is 51.6. The van der Waals surface area contributed by atoms with Crippen LogP contribution in [0, 0.1) is 6.92 Å². The highest BCUT2D eigenvalue weighted by molar-refractivity contribution is 9.10. The largest absolute Gasteiger partial charge is 0.416 e. The number of benzene rings is 10. The number of rotatable bonds is 15. The molecule has 0 bridgehead atoms. The second-order valence-corrected chi connectivity index (χ2v) is 34.2. The van der Waals surface area contributed by atoms with Crippen molar-refractivity contribution in [2.45, 2.75) is 58.7 Å². The number of nitrogens with zero attached hydrogens (tertiary/aromatic N) is 10. The van der Waals surface area contributed by atoms with Crippen LogP contribution in [-0.4, -0.2) is 45.7 Å². The van der Waals surface area contributed by atoms with Gasteiger partial charge in [0.05, 0.1) is 70.8 Å². The van der Waals surface area contributed by atoms with Crippen LogP contribution in [0.15, 0.2) is 313 Å². The number of hydrogen-bond donors (Lipinski definition) is 0. The molecule has 0 saturated carbocycles. The summed E-state index contributed by atoms with van der Waals surface area (Å²) in [6, 6.07) is 71.5. The molecule has 15 rings (SSSR count). The maximum Gasteiger partial charge on any atom is 0.416 e. The second-order valence-electron chi connectivity index (χ2n) is 29.5. The zero-order chi connectivity index (χ0) is 92.4. The Morgan fingerprint density at radius 1 is 0.299 bits per heavy atom. The minimum Gasteiger partial charge on any atom is -0.296 e. The Bertz CT molecular complexity index is 7040. The van der Waals surface area contributed by atoms with Gasteiger partial charge in [0.15, 0.2) is 0 Å². The summed E-state index contributed by atoms with van der Waals surface area (Å²) in [5.41, 5.74) is 4.83. The summed E-state index contributed by atoms with van der Waals surface area (Å²) in [5, 5.41) is 4.99. The van der Waals surface area contributed by atoms with Crippen molar-refractivity contribution in [1.29, 1.82) is 0 Å². The van der Waals surface area contributed by atoms with E-state index in [1.54, 1.807) is 218 Å². The van der Waals surface area contributed by atoms with E-state index in [9.17, 15) is 61.1 Å². The Morgan fingerprint density at radius 2 is 0.575 bits per heavy atom. The third-order valence-corrected chi connectivity index (χ3v) is 23.5. The van der Waals surface area contributed by atoms with E-state index in [4.69, 9.17) is 104 Å². The first-order valence-corrected chi connectivity index (χ1v) is 42.5. The fourth-order valence-corrected chi connectivity index (χ4v) is 15.5. The van der Waals surface area contributed by atoms with Crippen molar-refractivity contribution >= 4 is 120 Å². The zero-order valence-corrected chi connectivity index (χ0v) is 77.0. The Morgan fingerprint density at radius 3 is 0.937 bits per heavy atom. The molecule has 0 amide bonds. The maximum atomic E-state index is 13.0. The highest BCUT2D eigenvalue weighted by atomic mass is 79.9. The first-order chi connectivity index (χ1) is 60.1. The monoisotopic (exact) mass is 1950 g/mol. The predicted molar refractivity (Wildman–Crippen MR) is 506 cm³/mol. The number of aryl methyl sites for hydroxylation is 1. The molecule has 0 radical (unpaired) electrons. The second kappa shape index (κ2) is 41.5. The highest BCUT2D eigenvalue weighted by Crippen LogP contribution is 2.34. The number of halogens is 13. The molecular formula is C94H75BrCl9F3N10O10. The number of hydrogen-bond acceptors (Lipinski definition) is 10. The summed E-state index contributed by atoms with van der Waals surface area (Å²) in [5.74, 6) is 0. The molecule has 20 nitrogen and oxygen atoms in total. The van der Waals surface area contributed by atoms with Crippen LogP contribution in [0.5, 0.6) is 0 Å². The molecule has 0 aliphatic heterocycles. The third-order valence-electron chi connectivity index (χ3n) is 20.5. The smallest absolute Gasteiger partial charge is 0.296 e. The average Bonchev–Trinajstić information content (AvgIpc) is 0.762. The van der Waals surface area contributed by atoms with E-state index >= 15 is 0 Å². The summed E-state index contributed by atoms with van der Waals surface area (Å²) in [4.78, 5) is 127. The molecule has 652 valence electrons. The van der Waals surface area contributed by atoms with Crippen LogP contribution in [0.3, 0.4) is 0 Å². The predicted octanol–water partition coefficient (Wildman–Crippen LogP) is 20.0. The van der Waals surface area contributed by atoms with E-state index in [-0.39, 0.29) is 59.9 Å². The molecule has 0 saturated heterocycles. The van der Waals surface area contributed by atoms with Crippen molar-refractivity contribution in [3.63, 3.8) is 0 Å². The zero-order valence-electron chi connectivity index (χ0n) is 68.6. The molecule has 5 heterocycles. The molecule has 0 N–H and O–H groups in total. The molecular weight excluding hydrogens is 1890 g/mol. The third kappa shape index (κ3) is 23.3. The van der Waals surface area contributed by atoms with Gasteiger partial charge in [0.1, 0.15) is 4.47 Å². The molecule has 127 heavy (non-hydrogen) atoms. The van der Waals surface area contributed by atoms with E-state index in [1.165, 1.54) is 80.0 Å². The Labute approximate surface area is 776 Å².